The molecule has 2 rings (SSSR count). The van der Waals surface area contributed by atoms with Crippen LogP contribution in [0.5, 0.6) is 0 Å². The third-order valence-corrected chi connectivity index (χ3v) is 3.00. The number of aryl methyl sites for hydroxylation is 3. The summed E-state index contributed by atoms with van der Waals surface area (Å²) in [5.74, 6) is 0. The molecule has 1 aromatic rings. The molecule has 1 heteroatoms. The Morgan fingerprint density at radius 3 is 2.54 bits per heavy atom. The smallest absolute Gasteiger partial charge is 0.0181 e. The molecule has 1 nitrogen and oxygen atoms in total. The van der Waals surface area contributed by atoms with Crippen molar-refractivity contribution in [3.05, 3.63) is 23.0 Å². The molecule has 1 heterocycles. The van der Waals surface area contributed by atoms with Gasteiger partial charge in [-0.25, -0.2) is 0 Å². The zero-order valence-corrected chi connectivity index (χ0v) is 8.53. The second kappa shape index (κ2) is 3.99. The van der Waals surface area contributed by atoms with E-state index in [9.17, 15) is 0 Å². The second-order valence-corrected chi connectivity index (χ2v) is 4.22. The fourth-order valence-corrected chi connectivity index (χ4v) is 2.30. The summed E-state index contributed by atoms with van der Waals surface area (Å²) in [6.45, 7) is 2.17. The summed E-state index contributed by atoms with van der Waals surface area (Å²) in [6, 6.07) is 2.33. The normalized spacial score (nSPS) is 18.5. The Morgan fingerprint density at radius 1 is 1.00 bits per heavy atom. The van der Waals surface area contributed by atoms with Crippen molar-refractivity contribution < 1.29 is 0 Å². The minimum Gasteiger partial charge on any atom is -0.362 e. The highest BCUT2D eigenvalue weighted by molar-refractivity contribution is 5.25. The summed E-state index contributed by atoms with van der Waals surface area (Å²) in [7, 11) is 0. The summed E-state index contributed by atoms with van der Waals surface area (Å²) in [6.07, 6.45) is 9.57. The predicted molar refractivity (Wildman–Crippen MR) is 56.0 cm³/mol. The molecule has 0 radical (unpaired) electrons. The fourth-order valence-electron chi connectivity index (χ4n) is 2.30. The Hall–Kier alpha value is -0.720. The van der Waals surface area contributed by atoms with Gasteiger partial charge in [-0.2, -0.15) is 0 Å². The van der Waals surface area contributed by atoms with Gasteiger partial charge in [0.15, 0.2) is 0 Å². The van der Waals surface area contributed by atoms with Gasteiger partial charge in [0.05, 0.1) is 0 Å². The van der Waals surface area contributed by atoms with Crippen molar-refractivity contribution in [3.63, 3.8) is 0 Å². The molecule has 0 spiro atoms. The molecule has 0 aromatic carbocycles. The molecule has 1 aliphatic carbocycles. The number of rotatable bonds is 0. The number of H-pyrrole nitrogens is 1. The van der Waals surface area contributed by atoms with Crippen LogP contribution in [0.3, 0.4) is 0 Å². The molecule has 1 N–H and O–H groups in total. The molecular weight excluding hydrogens is 158 g/mol. The molecule has 0 unspecified atom stereocenters. The third-order valence-electron chi connectivity index (χ3n) is 3.00. The molecule has 0 aliphatic heterocycles. The highest BCUT2D eigenvalue weighted by Crippen LogP contribution is 2.19. The lowest BCUT2D eigenvalue weighted by Gasteiger charge is -1.99. The van der Waals surface area contributed by atoms with E-state index in [0.29, 0.717) is 0 Å². The summed E-state index contributed by atoms with van der Waals surface area (Å²) in [5, 5.41) is 0. The molecule has 0 bridgehead atoms. The van der Waals surface area contributed by atoms with E-state index in [1.54, 1.807) is 5.56 Å². The van der Waals surface area contributed by atoms with Gasteiger partial charge in [0.25, 0.3) is 0 Å². The third kappa shape index (κ3) is 2.15. The average Bonchev–Trinajstić information content (AvgIpc) is 2.46. The van der Waals surface area contributed by atoms with Gasteiger partial charge in [-0.15, -0.1) is 0 Å². The molecule has 0 saturated carbocycles. The van der Waals surface area contributed by atoms with E-state index in [4.69, 9.17) is 0 Å². The molecule has 0 fully saturated rings. The molecule has 13 heavy (non-hydrogen) atoms. The second-order valence-electron chi connectivity index (χ2n) is 4.22. The molecule has 1 aliphatic rings. The maximum absolute atomic E-state index is 3.49. The first-order chi connectivity index (χ1) is 6.36. The van der Waals surface area contributed by atoms with E-state index in [2.05, 4.69) is 18.0 Å². The lowest BCUT2D eigenvalue weighted by molar-refractivity contribution is 0.627. The lowest BCUT2D eigenvalue weighted by Crippen LogP contribution is -1.90. The van der Waals surface area contributed by atoms with Crippen LogP contribution in [-0.2, 0) is 12.8 Å². The van der Waals surface area contributed by atoms with Gasteiger partial charge < -0.3 is 4.98 Å². The van der Waals surface area contributed by atoms with Crippen LogP contribution in [0.4, 0.5) is 0 Å². The summed E-state index contributed by atoms with van der Waals surface area (Å²) in [5.41, 5.74) is 4.43. The Bertz CT molecular complexity index is 247. The van der Waals surface area contributed by atoms with Crippen molar-refractivity contribution in [2.75, 3.05) is 0 Å². The van der Waals surface area contributed by atoms with Crippen molar-refractivity contribution in [2.24, 2.45) is 0 Å². The first-order valence-corrected chi connectivity index (χ1v) is 5.53. The zero-order valence-electron chi connectivity index (χ0n) is 8.53. The van der Waals surface area contributed by atoms with Gasteiger partial charge in [-0.05, 0) is 44.2 Å². The Labute approximate surface area is 80.6 Å². The zero-order chi connectivity index (χ0) is 9.10. The standard InChI is InChI=1S/C12H19N/c1-10-9-11-7-5-3-2-4-6-8-12(11)13-10/h9,13H,2-8H2,1H3. The molecule has 1 aromatic heterocycles. The van der Waals surface area contributed by atoms with Crippen LogP contribution in [0.25, 0.3) is 0 Å². The monoisotopic (exact) mass is 177 g/mol. The van der Waals surface area contributed by atoms with E-state index < -0.39 is 0 Å². The van der Waals surface area contributed by atoms with Crippen molar-refractivity contribution in [2.45, 2.75) is 51.9 Å². The Balaban J connectivity index is 2.16. The molecule has 0 amide bonds. The highest BCUT2D eigenvalue weighted by atomic mass is 14.7. The average molecular weight is 177 g/mol. The number of nitrogens with one attached hydrogen (secondary N) is 1. The predicted octanol–water partition coefficient (Wildman–Crippen LogP) is 3.37. The largest absolute Gasteiger partial charge is 0.362 e. The van der Waals surface area contributed by atoms with Crippen molar-refractivity contribution >= 4 is 0 Å². The number of hydrogen-bond acceptors (Lipinski definition) is 0. The van der Waals surface area contributed by atoms with E-state index >= 15 is 0 Å². The summed E-state index contributed by atoms with van der Waals surface area (Å²) in [4.78, 5) is 3.49. The Kier molecular flexibility index (Phi) is 2.72. The summed E-state index contributed by atoms with van der Waals surface area (Å²) < 4.78 is 0. The minimum absolute atomic E-state index is 1.27. The molecule has 0 saturated heterocycles. The maximum Gasteiger partial charge on any atom is 0.0181 e. The first-order valence-electron chi connectivity index (χ1n) is 5.53. The van der Waals surface area contributed by atoms with Crippen LogP contribution in [0.15, 0.2) is 6.07 Å². The van der Waals surface area contributed by atoms with Crippen LogP contribution in [0, 0.1) is 6.92 Å². The van der Waals surface area contributed by atoms with Gasteiger partial charge in [-0.1, -0.05) is 19.3 Å². The topological polar surface area (TPSA) is 15.8 Å². The minimum atomic E-state index is 1.27. The SMILES string of the molecule is Cc1cc2c([nH]1)CCCCCCC2. The number of fused-ring (bicyclic) bond motifs is 1. The van der Waals surface area contributed by atoms with Crippen molar-refractivity contribution in [1.82, 2.24) is 4.98 Å². The van der Waals surface area contributed by atoms with Crippen molar-refractivity contribution in [1.29, 1.82) is 0 Å². The molecule has 72 valence electrons. The van der Waals surface area contributed by atoms with E-state index in [0.717, 1.165) is 0 Å². The van der Waals surface area contributed by atoms with E-state index in [1.807, 2.05) is 0 Å². The number of aromatic nitrogens is 1. The van der Waals surface area contributed by atoms with Crippen LogP contribution < -0.4 is 0 Å². The van der Waals surface area contributed by atoms with E-state index in [-0.39, 0.29) is 0 Å². The number of aromatic amines is 1. The molecule has 0 atom stereocenters. The van der Waals surface area contributed by atoms with Gasteiger partial charge in [-0.3, -0.25) is 0 Å². The van der Waals surface area contributed by atoms with Crippen LogP contribution in [-0.4, -0.2) is 4.98 Å². The van der Waals surface area contributed by atoms with E-state index in [1.165, 1.54) is 56.3 Å². The van der Waals surface area contributed by atoms with Gasteiger partial charge in [0.2, 0.25) is 0 Å². The fraction of sp³-hybridized carbons (Fsp3) is 0.667. The van der Waals surface area contributed by atoms with Crippen LogP contribution in [0.2, 0.25) is 0 Å². The highest BCUT2D eigenvalue weighted by Gasteiger charge is 2.07. The lowest BCUT2D eigenvalue weighted by atomic mass is 10.1. The van der Waals surface area contributed by atoms with Gasteiger partial charge in [0, 0.05) is 11.4 Å². The van der Waals surface area contributed by atoms with Crippen LogP contribution >= 0.6 is 0 Å². The van der Waals surface area contributed by atoms with Crippen LogP contribution in [0.1, 0.15) is 49.1 Å². The maximum atomic E-state index is 3.49. The van der Waals surface area contributed by atoms with Gasteiger partial charge in [0.1, 0.15) is 0 Å². The quantitative estimate of drug-likeness (QED) is 0.625. The van der Waals surface area contributed by atoms with Gasteiger partial charge >= 0.3 is 0 Å². The summed E-state index contributed by atoms with van der Waals surface area (Å²) >= 11 is 0. The Morgan fingerprint density at radius 2 is 1.69 bits per heavy atom. The number of hydrogen-bond donors (Lipinski definition) is 1. The molecular formula is C12H19N. The van der Waals surface area contributed by atoms with Crippen molar-refractivity contribution in [3.8, 4) is 0 Å². The first kappa shape index (κ1) is 8.86.